The van der Waals surface area contributed by atoms with E-state index in [0.717, 1.165) is 0 Å². The van der Waals surface area contributed by atoms with Crippen LogP contribution >= 0.6 is 0 Å². The molecular weight excluding hydrogens is 248 g/mol. The molecule has 0 bridgehead atoms. The van der Waals surface area contributed by atoms with Crippen LogP contribution in [0.1, 0.15) is 23.1 Å². The molecule has 0 aromatic carbocycles. The maximum absolute atomic E-state index is 11.7. The first kappa shape index (κ1) is 13.2. The van der Waals surface area contributed by atoms with Crippen LogP contribution in [0.25, 0.3) is 0 Å². The molecule has 0 saturated heterocycles. The molecule has 102 valence electrons. The van der Waals surface area contributed by atoms with Crippen molar-refractivity contribution in [2.24, 2.45) is 5.73 Å². The molecule has 2 N–H and O–H groups in total. The topological polar surface area (TPSA) is 101 Å². The lowest BCUT2D eigenvalue weighted by Gasteiger charge is -2.06. The van der Waals surface area contributed by atoms with Gasteiger partial charge in [0.2, 0.25) is 0 Å². The lowest BCUT2D eigenvalue weighted by Crippen LogP contribution is -2.16. The molecule has 0 spiro atoms. The minimum Gasteiger partial charge on any atom is -0.461 e. The fourth-order valence-corrected chi connectivity index (χ4v) is 1.70. The van der Waals surface area contributed by atoms with Crippen LogP contribution in [0.5, 0.6) is 0 Å². The van der Waals surface area contributed by atoms with E-state index in [9.17, 15) is 4.79 Å². The molecular formula is C11H16N6O2. The summed E-state index contributed by atoms with van der Waals surface area (Å²) in [6.07, 6.45) is 3.56. The molecule has 19 heavy (non-hydrogen) atoms. The number of carbonyl (C=O) groups is 1. The Hall–Kier alpha value is -2.22. The quantitative estimate of drug-likeness (QED) is 0.726. The highest BCUT2D eigenvalue weighted by atomic mass is 16.5. The summed E-state index contributed by atoms with van der Waals surface area (Å²) in [5.74, 6) is -0.492. The van der Waals surface area contributed by atoms with Crippen molar-refractivity contribution in [3.05, 3.63) is 29.8 Å². The zero-order valence-electron chi connectivity index (χ0n) is 10.7. The van der Waals surface area contributed by atoms with Gasteiger partial charge in [-0.2, -0.15) is 5.10 Å². The Morgan fingerprint density at radius 2 is 2.32 bits per heavy atom. The van der Waals surface area contributed by atoms with Crippen LogP contribution in [0, 0.1) is 0 Å². The molecule has 2 aromatic heterocycles. The molecule has 2 heterocycles. The SMILES string of the molecule is CCOC(=O)c1nnn(CCn2cccn2)c1CN. The molecule has 0 fully saturated rings. The van der Waals surface area contributed by atoms with E-state index < -0.39 is 5.97 Å². The van der Waals surface area contributed by atoms with Gasteiger partial charge in [-0.3, -0.25) is 4.68 Å². The average Bonchev–Trinajstić information content (AvgIpc) is 3.05. The van der Waals surface area contributed by atoms with E-state index in [2.05, 4.69) is 15.4 Å². The van der Waals surface area contributed by atoms with Crippen molar-refractivity contribution >= 4 is 5.97 Å². The lowest BCUT2D eigenvalue weighted by atomic mass is 10.3. The van der Waals surface area contributed by atoms with E-state index in [1.54, 1.807) is 22.5 Å². The number of aryl methyl sites for hydroxylation is 2. The summed E-state index contributed by atoms with van der Waals surface area (Å²) in [5.41, 5.74) is 6.41. The van der Waals surface area contributed by atoms with Crippen molar-refractivity contribution in [3.8, 4) is 0 Å². The minimum absolute atomic E-state index is 0.181. The molecule has 0 aliphatic heterocycles. The van der Waals surface area contributed by atoms with Gasteiger partial charge in [-0.05, 0) is 13.0 Å². The molecule has 2 aromatic rings. The standard InChI is InChI=1S/C11H16N6O2/c1-2-19-11(18)10-9(8-12)17(15-14-10)7-6-16-5-3-4-13-16/h3-5H,2,6-8,12H2,1H3. The summed E-state index contributed by atoms with van der Waals surface area (Å²) in [7, 11) is 0. The van der Waals surface area contributed by atoms with Crippen LogP contribution in [-0.4, -0.2) is 37.4 Å². The van der Waals surface area contributed by atoms with Crippen molar-refractivity contribution in [2.45, 2.75) is 26.6 Å². The van der Waals surface area contributed by atoms with Crippen LogP contribution in [0.3, 0.4) is 0 Å². The van der Waals surface area contributed by atoms with E-state index in [0.29, 0.717) is 25.4 Å². The Balaban J connectivity index is 2.10. The second kappa shape index (κ2) is 6.10. The molecule has 0 saturated carbocycles. The zero-order valence-corrected chi connectivity index (χ0v) is 10.7. The Morgan fingerprint density at radius 3 is 2.95 bits per heavy atom. The van der Waals surface area contributed by atoms with Gasteiger partial charge < -0.3 is 10.5 Å². The van der Waals surface area contributed by atoms with E-state index in [4.69, 9.17) is 10.5 Å². The average molecular weight is 264 g/mol. The Bertz CT molecular complexity index is 533. The summed E-state index contributed by atoms with van der Waals surface area (Å²) in [6, 6.07) is 1.84. The van der Waals surface area contributed by atoms with E-state index in [1.165, 1.54) is 0 Å². The van der Waals surface area contributed by atoms with Gasteiger partial charge in [-0.15, -0.1) is 5.10 Å². The third-order valence-electron chi connectivity index (χ3n) is 2.60. The fourth-order valence-electron chi connectivity index (χ4n) is 1.70. The maximum atomic E-state index is 11.7. The first-order valence-electron chi connectivity index (χ1n) is 6.03. The minimum atomic E-state index is -0.492. The summed E-state index contributed by atoms with van der Waals surface area (Å²) >= 11 is 0. The first-order valence-corrected chi connectivity index (χ1v) is 6.03. The van der Waals surface area contributed by atoms with Gasteiger partial charge in [-0.1, -0.05) is 5.21 Å². The predicted molar refractivity (Wildman–Crippen MR) is 66.1 cm³/mol. The van der Waals surface area contributed by atoms with Crippen LogP contribution in [0.2, 0.25) is 0 Å². The highest BCUT2D eigenvalue weighted by Crippen LogP contribution is 2.07. The highest BCUT2D eigenvalue weighted by Gasteiger charge is 2.19. The van der Waals surface area contributed by atoms with Crippen molar-refractivity contribution < 1.29 is 9.53 Å². The molecule has 0 unspecified atom stereocenters. The van der Waals surface area contributed by atoms with Gasteiger partial charge in [0.25, 0.3) is 0 Å². The van der Waals surface area contributed by atoms with Crippen molar-refractivity contribution in [3.63, 3.8) is 0 Å². The van der Waals surface area contributed by atoms with Gasteiger partial charge in [-0.25, -0.2) is 9.48 Å². The van der Waals surface area contributed by atoms with Crippen molar-refractivity contribution in [2.75, 3.05) is 6.61 Å². The van der Waals surface area contributed by atoms with Crippen molar-refractivity contribution in [1.29, 1.82) is 0 Å². The predicted octanol–water partition coefficient (Wildman–Crippen LogP) is -0.190. The smallest absolute Gasteiger partial charge is 0.360 e. The highest BCUT2D eigenvalue weighted by molar-refractivity contribution is 5.88. The summed E-state index contributed by atoms with van der Waals surface area (Å²) in [5, 5.41) is 11.9. The van der Waals surface area contributed by atoms with E-state index in [-0.39, 0.29) is 12.2 Å². The number of aromatic nitrogens is 5. The Morgan fingerprint density at radius 1 is 1.47 bits per heavy atom. The molecule has 8 heteroatoms. The second-order valence-electron chi connectivity index (χ2n) is 3.80. The number of carbonyl (C=O) groups excluding carboxylic acids is 1. The number of nitrogens with zero attached hydrogens (tertiary/aromatic N) is 5. The molecule has 2 rings (SSSR count). The van der Waals surface area contributed by atoms with Gasteiger partial charge in [0.15, 0.2) is 5.69 Å². The third kappa shape index (κ3) is 2.97. The fraction of sp³-hybridized carbons (Fsp3) is 0.455. The summed E-state index contributed by atoms with van der Waals surface area (Å²) < 4.78 is 8.28. The van der Waals surface area contributed by atoms with Crippen LogP contribution in [0.15, 0.2) is 18.5 Å². The molecule has 8 nitrogen and oxygen atoms in total. The van der Waals surface area contributed by atoms with Crippen LogP contribution in [-0.2, 0) is 24.4 Å². The largest absolute Gasteiger partial charge is 0.461 e. The first-order chi connectivity index (χ1) is 9.26. The lowest BCUT2D eigenvalue weighted by molar-refractivity contribution is 0.0518. The maximum Gasteiger partial charge on any atom is 0.360 e. The normalized spacial score (nSPS) is 10.6. The monoisotopic (exact) mass is 264 g/mol. The number of ether oxygens (including phenoxy) is 1. The summed E-state index contributed by atoms with van der Waals surface area (Å²) in [6.45, 7) is 3.39. The number of nitrogens with two attached hydrogens (primary N) is 1. The molecule has 0 aliphatic rings. The van der Waals surface area contributed by atoms with Crippen molar-refractivity contribution in [1.82, 2.24) is 24.8 Å². The van der Waals surface area contributed by atoms with Crippen LogP contribution < -0.4 is 5.73 Å². The van der Waals surface area contributed by atoms with Gasteiger partial charge in [0.05, 0.1) is 25.4 Å². The van der Waals surface area contributed by atoms with E-state index in [1.807, 2.05) is 12.3 Å². The number of hydrogen-bond donors (Lipinski definition) is 1. The van der Waals surface area contributed by atoms with Gasteiger partial charge >= 0.3 is 5.97 Å². The summed E-state index contributed by atoms with van der Waals surface area (Å²) in [4.78, 5) is 11.7. The Kier molecular flexibility index (Phi) is 4.24. The second-order valence-corrected chi connectivity index (χ2v) is 3.80. The number of hydrogen-bond acceptors (Lipinski definition) is 6. The molecule has 0 aliphatic carbocycles. The number of esters is 1. The molecule has 0 amide bonds. The third-order valence-corrected chi connectivity index (χ3v) is 2.60. The number of rotatable bonds is 6. The van der Waals surface area contributed by atoms with Gasteiger partial charge in [0.1, 0.15) is 0 Å². The van der Waals surface area contributed by atoms with Crippen LogP contribution in [0.4, 0.5) is 0 Å². The zero-order chi connectivity index (χ0) is 13.7. The molecule has 0 radical (unpaired) electrons. The van der Waals surface area contributed by atoms with E-state index >= 15 is 0 Å². The molecule has 0 atom stereocenters. The van der Waals surface area contributed by atoms with Gasteiger partial charge in [0, 0.05) is 18.9 Å². The Labute approximate surface area is 110 Å².